The summed E-state index contributed by atoms with van der Waals surface area (Å²) in [4.78, 5) is 6.67. The van der Waals surface area contributed by atoms with Crippen LogP contribution >= 0.6 is 0 Å². The molecule has 0 aliphatic carbocycles. The van der Waals surface area contributed by atoms with Crippen LogP contribution in [0.15, 0.2) is 47.6 Å². The second kappa shape index (κ2) is 5.62. The summed E-state index contributed by atoms with van der Waals surface area (Å²) in [7, 11) is -0.547. The van der Waals surface area contributed by atoms with Crippen molar-refractivity contribution < 1.29 is 5.02 Å². The highest BCUT2D eigenvalue weighted by Crippen LogP contribution is 2.26. The van der Waals surface area contributed by atoms with Crippen LogP contribution in [-0.4, -0.2) is 35.2 Å². The topological polar surface area (TPSA) is 35.8 Å². The second-order valence-corrected chi connectivity index (χ2v) is 5.36. The van der Waals surface area contributed by atoms with Crippen molar-refractivity contribution in [3.05, 3.63) is 48.2 Å². The first-order valence-corrected chi connectivity index (χ1v) is 6.76. The first kappa shape index (κ1) is 13.9. The molecule has 0 radical (unpaired) electrons. The zero-order valence-corrected chi connectivity index (χ0v) is 11.9. The van der Waals surface area contributed by atoms with Gasteiger partial charge in [0, 0.05) is 5.70 Å². The van der Waals surface area contributed by atoms with Crippen molar-refractivity contribution in [2.75, 3.05) is 6.54 Å². The summed E-state index contributed by atoms with van der Waals surface area (Å²) in [6.45, 7) is 10.7. The Labute approximate surface area is 115 Å². The molecule has 0 amide bonds. The Morgan fingerprint density at radius 1 is 1.37 bits per heavy atom. The van der Waals surface area contributed by atoms with E-state index in [1.807, 2.05) is 23.0 Å². The lowest BCUT2D eigenvalue weighted by Crippen LogP contribution is -2.53. The van der Waals surface area contributed by atoms with Gasteiger partial charge < -0.3 is 9.83 Å². The van der Waals surface area contributed by atoms with E-state index >= 15 is 0 Å². The predicted molar refractivity (Wildman–Crippen MR) is 81.3 cm³/mol. The van der Waals surface area contributed by atoms with E-state index in [9.17, 15) is 5.02 Å². The summed E-state index contributed by atoms with van der Waals surface area (Å²) >= 11 is 0. The molecule has 1 atom stereocenters. The van der Waals surface area contributed by atoms with E-state index in [1.54, 1.807) is 6.82 Å². The van der Waals surface area contributed by atoms with Crippen molar-refractivity contribution >= 4 is 12.8 Å². The molecule has 1 aromatic carbocycles. The molecule has 100 valence electrons. The number of nitrogens with zero attached hydrogens (tertiary/aromatic N) is 2. The SMILES string of the molecule is C=C1CN=C(c2ccccc2)C(C(C)C)N1B(C)O. The van der Waals surface area contributed by atoms with Gasteiger partial charge in [0.05, 0.1) is 18.3 Å². The van der Waals surface area contributed by atoms with Crippen molar-refractivity contribution in [1.29, 1.82) is 0 Å². The molecule has 0 aromatic heterocycles. The quantitative estimate of drug-likeness (QED) is 0.843. The zero-order valence-electron chi connectivity index (χ0n) is 11.9. The maximum absolute atomic E-state index is 10.0. The number of aliphatic imine (C=N–C) groups is 1. The normalized spacial score (nSPS) is 19.6. The smallest absolute Gasteiger partial charge is 0.409 e. The average Bonchev–Trinajstić information content (AvgIpc) is 2.38. The molecule has 0 saturated heterocycles. The second-order valence-electron chi connectivity index (χ2n) is 5.36. The standard InChI is InChI=1S/C15H21BN2O/c1-11(2)15-14(13-8-6-5-7-9-13)17-10-12(3)18(15)16(4)19/h5-9,11,15,19H,3,10H2,1-2,4H3. The Morgan fingerprint density at radius 2 is 2.00 bits per heavy atom. The first-order chi connectivity index (χ1) is 9.02. The van der Waals surface area contributed by atoms with E-state index in [2.05, 4.69) is 37.6 Å². The van der Waals surface area contributed by atoms with Crippen LogP contribution in [0.25, 0.3) is 0 Å². The van der Waals surface area contributed by atoms with Gasteiger partial charge >= 0.3 is 7.05 Å². The largest absolute Gasteiger partial charge is 0.432 e. The molecular formula is C15H21BN2O. The molecule has 0 saturated carbocycles. The average molecular weight is 256 g/mol. The maximum atomic E-state index is 10.0. The molecule has 0 spiro atoms. The van der Waals surface area contributed by atoms with Gasteiger partial charge in [0.15, 0.2) is 0 Å². The molecule has 4 heteroatoms. The minimum atomic E-state index is -0.547. The van der Waals surface area contributed by atoms with Crippen molar-refractivity contribution in [2.24, 2.45) is 10.9 Å². The van der Waals surface area contributed by atoms with Gasteiger partial charge in [0.25, 0.3) is 0 Å². The molecule has 2 rings (SSSR count). The summed E-state index contributed by atoms with van der Waals surface area (Å²) in [6.07, 6.45) is 0. The summed E-state index contributed by atoms with van der Waals surface area (Å²) < 4.78 is 0. The fourth-order valence-electron chi connectivity index (χ4n) is 2.68. The van der Waals surface area contributed by atoms with Gasteiger partial charge in [-0.2, -0.15) is 0 Å². The zero-order chi connectivity index (χ0) is 14.0. The summed E-state index contributed by atoms with van der Waals surface area (Å²) in [6, 6.07) is 10.3. The lowest BCUT2D eigenvalue weighted by molar-refractivity contribution is 0.325. The van der Waals surface area contributed by atoms with E-state index in [1.165, 1.54) is 0 Å². The minimum absolute atomic E-state index is 0.0728. The molecule has 1 heterocycles. The predicted octanol–water partition coefficient (Wildman–Crippen LogP) is 2.44. The highest BCUT2D eigenvalue weighted by Gasteiger charge is 2.35. The fraction of sp³-hybridized carbons (Fsp3) is 0.400. The lowest BCUT2D eigenvalue weighted by Gasteiger charge is -2.42. The van der Waals surface area contributed by atoms with Crippen LogP contribution in [-0.2, 0) is 0 Å². The Hall–Kier alpha value is -1.55. The fourth-order valence-corrected chi connectivity index (χ4v) is 2.68. The molecule has 3 nitrogen and oxygen atoms in total. The van der Waals surface area contributed by atoms with E-state index < -0.39 is 7.05 Å². The molecular weight excluding hydrogens is 235 g/mol. The van der Waals surface area contributed by atoms with E-state index in [4.69, 9.17) is 0 Å². The third-order valence-electron chi connectivity index (χ3n) is 3.48. The van der Waals surface area contributed by atoms with Crippen LogP contribution in [0.1, 0.15) is 19.4 Å². The third-order valence-corrected chi connectivity index (χ3v) is 3.48. The van der Waals surface area contributed by atoms with Crippen molar-refractivity contribution in [1.82, 2.24) is 4.81 Å². The van der Waals surface area contributed by atoms with Gasteiger partial charge in [-0.15, -0.1) is 0 Å². The summed E-state index contributed by atoms with van der Waals surface area (Å²) in [5.74, 6) is 0.352. The van der Waals surface area contributed by atoms with Gasteiger partial charge in [-0.05, 0) is 18.3 Å². The van der Waals surface area contributed by atoms with Crippen LogP contribution < -0.4 is 0 Å². The molecule has 1 aromatic rings. The number of benzene rings is 1. The number of hydrogen-bond acceptors (Lipinski definition) is 3. The lowest BCUT2D eigenvalue weighted by atomic mass is 9.77. The first-order valence-electron chi connectivity index (χ1n) is 6.76. The van der Waals surface area contributed by atoms with E-state index in [-0.39, 0.29) is 6.04 Å². The number of rotatable bonds is 3. The van der Waals surface area contributed by atoms with Gasteiger partial charge in [0.1, 0.15) is 0 Å². The third kappa shape index (κ3) is 2.74. The van der Waals surface area contributed by atoms with Crippen LogP contribution in [0.3, 0.4) is 0 Å². The molecule has 1 N–H and O–H groups in total. The van der Waals surface area contributed by atoms with Gasteiger partial charge in [-0.3, -0.25) is 4.99 Å². The van der Waals surface area contributed by atoms with Crippen LogP contribution in [0.2, 0.25) is 6.82 Å². The van der Waals surface area contributed by atoms with Crippen molar-refractivity contribution in [3.63, 3.8) is 0 Å². The minimum Gasteiger partial charge on any atom is -0.432 e. The molecule has 1 aliphatic rings. The van der Waals surface area contributed by atoms with Gasteiger partial charge in [-0.1, -0.05) is 50.8 Å². The molecule has 0 bridgehead atoms. The van der Waals surface area contributed by atoms with E-state index in [0.29, 0.717) is 12.5 Å². The highest BCUT2D eigenvalue weighted by atomic mass is 16.2. The summed E-state index contributed by atoms with van der Waals surface area (Å²) in [5.41, 5.74) is 3.05. The van der Waals surface area contributed by atoms with Crippen molar-refractivity contribution in [2.45, 2.75) is 26.7 Å². The van der Waals surface area contributed by atoms with E-state index in [0.717, 1.165) is 17.0 Å². The molecule has 1 unspecified atom stereocenters. The Morgan fingerprint density at radius 3 is 2.53 bits per heavy atom. The van der Waals surface area contributed by atoms with Gasteiger partial charge in [0.2, 0.25) is 0 Å². The van der Waals surface area contributed by atoms with Crippen LogP contribution in [0, 0.1) is 5.92 Å². The molecule has 19 heavy (non-hydrogen) atoms. The molecule has 1 aliphatic heterocycles. The monoisotopic (exact) mass is 256 g/mol. The highest BCUT2D eigenvalue weighted by molar-refractivity contribution is 6.46. The summed E-state index contributed by atoms with van der Waals surface area (Å²) in [5, 5.41) is 10.0. The Bertz CT molecular complexity index is 482. The molecule has 0 fully saturated rings. The van der Waals surface area contributed by atoms with Crippen LogP contribution in [0.5, 0.6) is 0 Å². The number of hydrogen-bond donors (Lipinski definition) is 1. The Balaban J connectivity index is 2.45. The van der Waals surface area contributed by atoms with Gasteiger partial charge in [-0.25, -0.2) is 0 Å². The van der Waals surface area contributed by atoms with Crippen molar-refractivity contribution in [3.8, 4) is 0 Å². The maximum Gasteiger partial charge on any atom is 0.409 e. The Kier molecular flexibility index (Phi) is 4.10. The van der Waals surface area contributed by atoms with Crippen LogP contribution in [0.4, 0.5) is 0 Å².